The van der Waals surface area contributed by atoms with E-state index in [1.807, 2.05) is 11.8 Å². The monoisotopic (exact) mass is 429 g/mol. The summed E-state index contributed by atoms with van der Waals surface area (Å²) in [5.74, 6) is 1.52. The Bertz CT molecular complexity index is 824. The first kappa shape index (κ1) is 21.5. The van der Waals surface area contributed by atoms with Gasteiger partial charge >= 0.3 is 0 Å². The largest absolute Gasteiger partial charge is 0.494 e. The molecular formula is C24H32FN3OS. The Hall–Kier alpha value is -1.76. The van der Waals surface area contributed by atoms with Gasteiger partial charge in [-0.25, -0.2) is 4.39 Å². The minimum atomic E-state index is -0.228. The first-order valence-corrected chi connectivity index (χ1v) is 12.0. The number of fused-ring (bicyclic) bond motifs is 1. The predicted octanol–water partition coefficient (Wildman–Crippen LogP) is 4.75. The summed E-state index contributed by atoms with van der Waals surface area (Å²) in [6.07, 6.45) is 4.45. The summed E-state index contributed by atoms with van der Waals surface area (Å²) in [5.41, 5.74) is 10.6. The van der Waals surface area contributed by atoms with Crippen LogP contribution in [0, 0.1) is 12.7 Å². The van der Waals surface area contributed by atoms with Crippen molar-refractivity contribution in [3.05, 3.63) is 59.4 Å². The maximum Gasteiger partial charge on any atom is 0.126 e. The van der Waals surface area contributed by atoms with E-state index in [1.54, 1.807) is 12.1 Å². The zero-order valence-electron chi connectivity index (χ0n) is 17.7. The molecule has 1 atom stereocenters. The van der Waals surface area contributed by atoms with Crippen molar-refractivity contribution in [2.24, 2.45) is 5.73 Å². The quantitative estimate of drug-likeness (QED) is 0.643. The van der Waals surface area contributed by atoms with Crippen LogP contribution in [0.4, 0.5) is 10.1 Å². The number of thioether (sulfide) groups is 1. The van der Waals surface area contributed by atoms with Crippen LogP contribution < -0.4 is 15.4 Å². The molecule has 4 nitrogen and oxygen atoms in total. The number of anilines is 1. The number of halogens is 1. The summed E-state index contributed by atoms with van der Waals surface area (Å²) in [6.45, 7) is 6.19. The first-order valence-electron chi connectivity index (χ1n) is 11.0. The number of nitrogens with two attached hydrogens (primary N) is 1. The van der Waals surface area contributed by atoms with Gasteiger partial charge in [-0.1, -0.05) is 17.7 Å². The molecule has 30 heavy (non-hydrogen) atoms. The predicted molar refractivity (Wildman–Crippen MR) is 124 cm³/mol. The van der Waals surface area contributed by atoms with Gasteiger partial charge in [0.25, 0.3) is 0 Å². The van der Waals surface area contributed by atoms with Crippen LogP contribution in [-0.2, 0) is 5.75 Å². The molecule has 0 saturated carbocycles. The summed E-state index contributed by atoms with van der Waals surface area (Å²) >= 11 is 1.85. The molecule has 1 fully saturated rings. The lowest BCUT2D eigenvalue weighted by atomic mass is 10.0. The van der Waals surface area contributed by atoms with Gasteiger partial charge in [-0.15, -0.1) is 11.8 Å². The topological polar surface area (TPSA) is 41.7 Å². The van der Waals surface area contributed by atoms with Crippen molar-refractivity contribution in [1.29, 1.82) is 0 Å². The van der Waals surface area contributed by atoms with Gasteiger partial charge in [0.2, 0.25) is 0 Å². The van der Waals surface area contributed by atoms with Crippen molar-refractivity contribution < 1.29 is 9.13 Å². The molecule has 2 N–H and O–H groups in total. The minimum Gasteiger partial charge on any atom is -0.494 e. The van der Waals surface area contributed by atoms with Gasteiger partial charge in [-0.3, -0.25) is 0 Å². The second-order valence-corrected chi connectivity index (χ2v) is 9.43. The van der Waals surface area contributed by atoms with Gasteiger partial charge in [0.05, 0.1) is 6.61 Å². The lowest BCUT2D eigenvalue weighted by Gasteiger charge is -2.45. The molecule has 0 bridgehead atoms. The summed E-state index contributed by atoms with van der Waals surface area (Å²) in [7, 11) is 0. The van der Waals surface area contributed by atoms with E-state index in [9.17, 15) is 4.39 Å². The average Bonchev–Trinajstić information content (AvgIpc) is 2.75. The fraction of sp³-hybridized carbons (Fsp3) is 0.500. The highest BCUT2D eigenvalue weighted by atomic mass is 32.2. The SMILES string of the molecule is Cc1ccc2c(c1)CSC(N)N2C1CCN(CCCCOc2ccc(F)cc2)CC1. The molecule has 4 rings (SSSR count). The Morgan fingerprint density at radius 2 is 1.87 bits per heavy atom. The van der Waals surface area contributed by atoms with E-state index >= 15 is 0 Å². The van der Waals surface area contributed by atoms with Crippen molar-refractivity contribution in [3.8, 4) is 5.75 Å². The van der Waals surface area contributed by atoms with Gasteiger partial charge < -0.3 is 20.3 Å². The van der Waals surface area contributed by atoms with Crippen LogP contribution in [0.1, 0.15) is 36.8 Å². The Morgan fingerprint density at radius 1 is 1.10 bits per heavy atom. The molecule has 0 amide bonds. The molecule has 162 valence electrons. The number of unbranched alkanes of at least 4 members (excludes halogenated alkanes) is 1. The molecule has 0 spiro atoms. The van der Waals surface area contributed by atoms with E-state index in [-0.39, 0.29) is 11.3 Å². The number of benzene rings is 2. The number of likely N-dealkylation sites (tertiary alicyclic amines) is 1. The fourth-order valence-corrected chi connectivity index (χ4v) is 5.49. The lowest BCUT2D eigenvalue weighted by Crippen LogP contribution is -2.52. The van der Waals surface area contributed by atoms with Crippen LogP contribution >= 0.6 is 11.8 Å². The van der Waals surface area contributed by atoms with Gasteiger partial charge in [-0.05, 0) is 75.0 Å². The van der Waals surface area contributed by atoms with E-state index in [0.29, 0.717) is 12.6 Å². The van der Waals surface area contributed by atoms with Crippen molar-refractivity contribution in [2.45, 2.75) is 49.9 Å². The van der Waals surface area contributed by atoms with E-state index < -0.39 is 0 Å². The Labute approximate surface area is 183 Å². The lowest BCUT2D eigenvalue weighted by molar-refractivity contribution is 0.198. The molecule has 2 aliphatic heterocycles. The number of piperidine rings is 1. The molecule has 2 aromatic carbocycles. The Kier molecular flexibility index (Phi) is 7.18. The third-order valence-electron chi connectivity index (χ3n) is 6.10. The standard InChI is InChI=1S/C24H32FN3OS/c1-18-4-9-23-19(16-18)17-30-24(26)28(23)21-10-13-27(14-11-21)12-2-3-15-29-22-7-5-20(25)6-8-22/h4-9,16,21,24H,2-3,10-15,17,26H2,1H3. The minimum absolute atomic E-state index is 0.0559. The van der Waals surface area contributed by atoms with Gasteiger partial charge in [0.15, 0.2) is 0 Å². The number of rotatable bonds is 7. The van der Waals surface area contributed by atoms with Crippen LogP contribution in [0.15, 0.2) is 42.5 Å². The Morgan fingerprint density at radius 3 is 2.63 bits per heavy atom. The molecule has 2 aliphatic rings. The van der Waals surface area contributed by atoms with E-state index in [1.165, 1.54) is 28.9 Å². The molecule has 2 aromatic rings. The summed E-state index contributed by atoms with van der Waals surface area (Å²) in [4.78, 5) is 5.03. The molecule has 6 heteroatoms. The third-order valence-corrected chi connectivity index (χ3v) is 7.14. The maximum absolute atomic E-state index is 12.9. The average molecular weight is 430 g/mol. The van der Waals surface area contributed by atoms with Crippen LogP contribution in [0.3, 0.4) is 0 Å². The highest BCUT2D eigenvalue weighted by Gasteiger charge is 2.32. The van der Waals surface area contributed by atoms with E-state index in [0.717, 1.165) is 56.8 Å². The molecule has 0 aromatic heterocycles. The molecule has 1 saturated heterocycles. The summed E-state index contributed by atoms with van der Waals surface area (Å²) in [6, 6.07) is 13.5. The number of hydrogen-bond acceptors (Lipinski definition) is 5. The van der Waals surface area contributed by atoms with Crippen LogP contribution in [-0.4, -0.2) is 42.7 Å². The number of hydrogen-bond donors (Lipinski definition) is 1. The van der Waals surface area contributed by atoms with Crippen molar-refractivity contribution >= 4 is 17.4 Å². The van der Waals surface area contributed by atoms with Crippen molar-refractivity contribution in [1.82, 2.24) is 4.90 Å². The number of aryl methyl sites for hydroxylation is 1. The second kappa shape index (κ2) is 10.0. The molecular weight excluding hydrogens is 397 g/mol. The third kappa shape index (κ3) is 5.29. The zero-order valence-corrected chi connectivity index (χ0v) is 18.5. The van der Waals surface area contributed by atoms with Crippen molar-refractivity contribution in [2.75, 3.05) is 31.1 Å². The number of nitrogens with zero attached hydrogens (tertiary/aromatic N) is 2. The van der Waals surface area contributed by atoms with Crippen LogP contribution in [0.5, 0.6) is 5.75 Å². The maximum atomic E-state index is 12.9. The van der Waals surface area contributed by atoms with Gasteiger partial charge in [-0.2, -0.15) is 0 Å². The van der Waals surface area contributed by atoms with E-state index in [4.69, 9.17) is 10.5 Å². The van der Waals surface area contributed by atoms with Crippen LogP contribution in [0.25, 0.3) is 0 Å². The smallest absolute Gasteiger partial charge is 0.126 e. The second-order valence-electron chi connectivity index (χ2n) is 8.32. The number of ether oxygens (including phenoxy) is 1. The molecule has 0 radical (unpaired) electrons. The van der Waals surface area contributed by atoms with Gasteiger partial charge in [0.1, 0.15) is 17.1 Å². The van der Waals surface area contributed by atoms with Crippen LogP contribution in [0.2, 0.25) is 0 Å². The summed E-state index contributed by atoms with van der Waals surface area (Å²) in [5, 5.41) is 0. The molecule has 2 heterocycles. The molecule has 1 unspecified atom stereocenters. The Balaban J connectivity index is 1.20. The normalized spacial score (nSPS) is 20.2. The zero-order chi connectivity index (χ0) is 20.9. The fourth-order valence-electron chi connectivity index (χ4n) is 4.46. The van der Waals surface area contributed by atoms with E-state index in [2.05, 4.69) is 34.9 Å². The first-order chi connectivity index (χ1) is 14.6. The highest BCUT2D eigenvalue weighted by molar-refractivity contribution is 7.99. The molecule has 0 aliphatic carbocycles. The van der Waals surface area contributed by atoms with Crippen molar-refractivity contribution in [3.63, 3.8) is 0 Å². The highest BCUT2D eigenvalue weighted by Crippen LogP contribution is 2.38. The van der Waals surface area contributed by atoms with Gasteiger partial charge in [0, 0.05) is 30.6 Å². The summed E-state index contributed by atoms with van der Waals surface area (Å²) < 4.78 is 18.6.